The van der Waals surface area contributed by atoms with E-state index in [9.17, 15) is 13.2 Å². The van der Waals surface area contributed by atoms with Gasteiger partial charge in [0.25, 0.3) is 0 Å². The van der Waals surface area contributed by atoms with Gasteiger partial charge in [0.1, 0.15) is 0 Å². The molecule has 1 aliphatic rings. The molecule has 1 N–H and O–H groups in total. The molecule has 3 rings (SSSR count). The van der Waals surface area contributed by atoms with Crippen molar-refractivity contribution in [1.29, 1.82) is 5.26 Å². The zero-order valence-electron chi connectivity index (χ0n) is 16.5. The van der Waals surface area contributed by atoms with Crippen LogP contribution in [0, 0.1) is 17.2 Å². The predicted octanol–water partition coefficient (Wildman–Crippen LogP) is 2.86. The molecule has 1 aromatic heterocycles. The van der Waals surface area contributed by atoms with Crippen LogP contribution in [0.1, 0.15) is 48.9 Å². The van der Waals surface area contributed by atoms with Crippen molar-refractivity contribution >= 4 is 27.3 Å². The van der Waals surface area contributed by atoms with Crippen molar-refractivity contribution in [2.75, 3.05) is 13.1 Å². The van der Waals surface area contributed by atoms with Crippen LogP contribution < -0.4 is 5.32 Å². The molecule has 2 heterocycles. The van der Waals surface area contributed by atoms with Crippen molar-refractivity contribution in [2.45, 2.75) is 44.0 Å². The van der Waals surface area contributed by atoms with E-state index < -0.39 is 10.0 Å². The molecule has 1 amide bonds. The van der Waals surface area contributed by atoms with Crippen molar-refractivity contribution in [2.24, 2.45) is 5.92 Å². The Labute approximate surface area is 175 Å². The normalized spacial score (nSPS) is 17.8. The number of hydrogen-bond acceptors (Lipinski definition) is 6. The molecule has 0 spiro atoms. The smallest absolute Gasteiger partial charge is 0.243 e. The van der Waals surface area contributed by atoms with Crippen LogP contribution in [0.5, 0.6) is 0 Å². The summed E-state index contributed by atoms with van der Waals surface area (Å²) in [4.78, 5) is 16.6. The van der Waals surface area contributed by atoms with Crippen LogP contribution in [-0.4, -0.2) is 36.7 Å². The number of hydrogen-bond donors (Lipinski definition) is 1. The predicted molar refractivity (Wildman–Crippen MR) is 111 cm³/mol. The second kappa shape index (κ2) is 9.03. The lowest BCUT2D eigenvalue weighted by molar-refractivity contribution is -0.124. The van der Waals surface area contributed by atoms with E-state index in [1.807, 2.05) is 25.3 Å². The summed E-state index contributed by atoms with van der Waals surface area (Å²) in [6.07, 6.45) is 1.64. The SMILES string of the molecule is CC(C)C(=O)NCc1csc([C@@H]2CCCN(S(=O)(=O)c3ccc(C#N)cc3)C2)n1. The van der Waals surface area contributed by atoms with Crippen molar-refractivity contribution < 1.29 is 13.2 Å². The average molecular weight is 433 g/mol. The number of aromatic nitrogens is 1. The number of nitrogens with zero attached hydrogens (tertiary/aromatic N) is 3. The molecule has 1 fully saturated rings. The Kier molecular flexibility index (Phi) is 6.67. The van der Waals surface area contributed by atoms with Crippen molar-refractivity contribution in [3.8, 4) is 6.07 Å². The Morgan fingerprint density at radius 1 is 1.38 bits per heavy atom. The Hall–Kier alpha value is -2.28. The van der Waals surface area contributed by atoms with Crippen LogP contribution in [-0.2, 0) is 21.4 Å². The lowest BCUT2D eigenvalue weighted by Gasteiger charge is -2.31. The summed E-state index contributed by atoms with van der Waals surface area (Å²) in [5.41, 5.74) is 1.23. The van der Waals surface area contributed by atoms with E-state index in [1.54, 1.807) is 0 Å². The first-order valence-electron chi connectivity index (χ1n) is 9.53. The van der Waals surface area contributed by atoms with Gasteiger partial charge in [-0.25, -0.2) is 13.4 Å². The summed E-state index contributed by atoms with van der Waals surface area (Å²) in [6.45, 7) is 4.92. The number of carbonyl (C=O) groups excluding carboxylic acids is 1. The van der Waals surface area contributed by atoms with Gasteiger partial charge in [-0.3, -0.25) is 4.79 Å². The number of piperidine rings is 1. The number of sulfonamides is 1. The molecule has 0 unspecified atom stereocenters. The first-order chi connectivity index (χ1) is 13.8. The second-order valence-electron chi connectivity index (χ2n) is 7.39. The van der Waals surface area contributed by atoms with Gasteiger partial charge in [-0.15, -0.1) is 11.3 Å². The second-order valence-corrected chi connectivity index (χ2v) is 10.2. The van der Waals surface area contributed by atoms with Crippen LogP contribution in [0.15, 0.2) is 34.5 Å². The first kappa shape index (κ1) is 21.4. The summed E-state index contributed by atoms with van der Waals surface area (Å²) in [5, 5.41) is 14.6. The molecule has 0 bridgehead atoms. The number of nitrogens with one attached hydrogen (secondary N) is 1. The van der Waals surface area contributed by atoms with Gasteiger partial charge in [0.05, 0.1) is 33.8 Å². The number of nitriles is 1. The molecule has 1 saturated heterocycles. The standard InChI is InChI=1S/C20H24N4O3S2/c1-14(2)19(25)22-11-17-13-28-20(23-17)16-4-3-9-24(12-16)29(26,27)18-7-5-15(10-21)6-8-18/h5-8,13-14,16H,3-4,9,11-12H2,1-2H3,(H,22,25)/t16-/m1/s1. The minimum absolute atomic E-state index is 0.0168. The van der Waals surface area contributed by atoms with Gasteiger partial charge < -0.3 is 5.32 Å². The number of amides is 1. The van der Waals surface area contributed by atoms with Crippen LogP contribution in [0.25, 0.3) is 0 Å². The fraction of sp³-hybridized carbons (Fsp3) is 0.450. The van der Waals surface area contributed by atoms with E-state index in [0.29, 0.717) is 25.2 Å². The largest absolute Gasteiger partial charge is 0.350 e. The van der Waals surface area contributed by atoms with E-state index in [1.165, 1.54) is 39.9 Å². The highest BCUT2D eigenvalue weighted by molar-refractivity contribution is 7.89. The summed E-state index contributed by atoms with van der Waals surface area (Å²) >= 11 is 1.51. The van der Waals surface area contributed by atoms with Gasteiger partial charge in [-0.05, 0) is 37.1 Å². The number of benzene rings is 1. The van der Waals surface area contributed by atoms with Gasteiger partial charge in [0, 0.05) is 30.3 Å². The maximum atomic E-state index is 13.0. The zero-order valence-corrected chi connectivity index (χ0v) is 18.1. The van der Waals surface area contributed by atoms with E-state index in [-0.39, 0.29) is 22.6 Å². The maximum absolute atomic E-state index is 13.0. The summed E-state index contributed by atoms with van der Waals surface area (Å²) in [6, 6.07) is 8.00. The Balaban J connectivity index is 1.69. The molecule has 1 aliphatic heterocycles. The zero-order chi connectivity index (χ0) is 21.0. The molecule has 29 heavy (non-hydrogen) atoms. The monoisotopic (exact) mass is 432 g/mol. The van der Waals surface area contributed by atoms with Gasteiger partial charge >= 0.3 is 0 Å². The molecular weight excluding hydrogens is 408 g/mol. The topological polar surface area (TPSA) is 103 Å². The first-order valence-corrected chi connectivity index (χ1v) is 11.9. The van der Waals surface area contributed by atoms with E-state index in [2.05, 4.69) is 10.3 Å². The van der Waals surface area contributed by atoms with E-state index in [4.69, 9.17) is 5.26 Å². The molecule has 154 valence electrons. The lowest BCUT2D eigenvalue weighted by atomic mass is 10.0. The number of thiazole rings is 1. The van der Waals surface area contributed by atoms with Gasteiger partial charge in [-0.1, -0.05) is 13.8 Å². The fourth-order valence-electron chi connectivity index (χ4n) is 3.19. The molecule has 1 atom stereocenters. The van der Waals surface area contributed by atoms with Gasteiger partial charge in [0.15, 0.2) is 0 Å². The van der Waals surface area contributed by atoms with Crippen LogP contribution >= 0.6 is 11.3 Å². The maximum Gasteiger partial charge on any atom is 0.243 e. The summed E-state index contributed by atoms with van der Waals surface area (Å²) in [7, 11) is -3.61. The molecule has 1 aromatic carbocycles. The summed E-state index contributed by atoms with van der Waals surface area (Å²) in [5.74, 6) is -0.0548. The number of rotatable bonds is 6. The third-order valence-electron chi connectivity index (χ3n) is 4.89. The molecular formula is C20H24N4O3S2. The van der Waals surface area contributed by atoms with Gasteiger partial charge in [-0.2, -0.15) is 9.57 Å². The molecule has 0 aliphatic carbocycles. The molecule has 0 saturated carbocycles. The Bertz CT molecular complexity index is 1010. The fourth-order valence-corrected chi connectivity index (χ4v) is 5.66. The van der Waals surface area contributed by atoms with Crippen molar-refractivity contribution in [3.05, 3.63) is 45.9 Å². The third kappa shape index (κ3) is 5.01. The van der Waals surface area contributed by atoms with Crippen LogP contribution in [0.4, 0.5) is 0 Å². The van der Waals surface area contributed by atoms with Crippen LogP contribution in [0.3, 0.4) is 0 Å². The molecule has 0 radical (unpaired) electrons. The highest BCUT2D eigenvalue weighted by Crippen LogP contribution is 2.32. The summed E-state index contributed by atoms with van der Waals surface area (Å²) < 4.78 is 27.5. The van der Waals surface area contributed by atoms with Crippen LogP contribution in [0.2, 0.25) is 0 Å². The quantitative estimate of drug-likeness (QED) is 0.756. The Morgan fingerprint density at radius 3 is 2.76 bits per heavy atom. The average Bonchev–Trinajstić information content (AvgIpc) is 3.21. The lowest BCUT2D eigenvalue weighted by Crippen LogP contribution is -2.39. The minimum Gasteiger partial charge on any atom is -0.350 e. The minimum atomic E-state index is -3.61. The molecule has 9 heteroatoms. The Morgan fingerprint density at radius 2 is 2.10 bits per heavy atom. The number of carbonyl (C=O) groups is 1. The van der Waals surface area contributed by atoms with E-state index >= 15 is 0 Å². The molecule has 2 aromatic rings. The highest BCUT2D eigenvalue weighted by Gasteiger charge is 2.32. The third-order valence-corrected chi connectivity index (χ3v) is 7.83. The van der Waals surface area contributed by atoms with Gasteiger partial charge in [0.2, 0.25) is 15.9 Å². The van der Waals surface area contributed by atoms with Crippen molar-refractivity contribution in [1.82, 2.24) is 14.6 Å². The van der Waals surface area contributed by atoms with E-state index in [0.717, 1.165) is 23.5 Å². The molecule has 7 nitrogen and oxygen atoms in total. The van der Waals surface area contributed by atoms with Crippen molar-refractivity contribution in [3.63, 3.8) is 0 Å². The highest BCUT2D eigenvalue weighted by atomic mass is 32.2.